The predicted octanol–water partition coefficient (Wildman–Crippen LogP) is 3.82. The van der Waals surface area contributed by atoms with Gasteiger partial charge < -0.3 is 19.5 Å². The number of hydrogen-bond acceptors (Lipinski definition) is 7. The quantitative estimate of drug-likeness (QED) is 0.329. The number of nitrogens with one attached hydrogen (secondary N) is 1. The van der Waals surface area contributed by atoms with Gasteiger partial charge >= 0.3 is 17.9 Å². The average molecular weight is 476 g/mol. The number of esters is 3. The Hall–Kier alpha value is -2.90. The summed E-state index contributed by atoms with van der Waals surface area (Å²) in [5.74, 6) is -3.50. The van der Waals surface area contributed by atoms with Gasteiger partial charge in [0.2, 0.25) is 0 Å². The Morgan fingerprint density at radius 2 is 1.62 bits per heavy atom. The maximum Gasteiger partial charge on any atom is 0.332 e. The van der Waals surface area contributed by atoms with Crippen LogP contribution in [-0.2, 0) is 28.6 Å². The molecule has 0 bridgehead atoms. The van der Waals surface area contributed by atoms with Gasteiger partial charge in [-0.1, -0.05) is 64.7 Å². The molecule has 188 valence electrons. The lowest BCUT2D eigenvalue weighted by Gasteiger charge is -2.29. The smallest absolute Gasteiger partial charge is 0.332 e. The second kappa shape index (κ2) is 13.1. The van der Waals surface area contributed by atoms with Crippen LogP contribution in [0.3, 0.4) is 0 Å². The molecule has 1 saturated heterocycles. The molecule has 0 aromatic heterocycles. The normalized spacial score (nSPS) is 25.4. The van der Waals surface area contributed by atoms with Crippen LogP contribution in [0, 0.1) is 11.8 Å². The number of rotatable bonds is 9. The second-order valence-electron chi connectivity index (χ2n) is 9.11. The predicted molar refractivity (Wildman–Crippen MR) is 126 cm³/mol. The maximum absolute atomic E-state index is 13.2. The highest BCUT2D eigenvalue weighted by Crippen LogP contribution is 2.27. The Morgan fingerprint density at radius 3 is 2.24 bits per heavy atom. The molecule has 5 atom stereocenters. The van der Waals surface area contributed by atoms with E-state index < -0.39 is 60.0 Å². The third kappa shape index (κ3) is 7.57. The van der Waals surface area contributed by atoms with E-state index in [4.69, 9.17) is 14.2 Å². The number of hydrogen-bond donors (Lipinski definition) is 1. The minimum atomic E-state index is -1.21. The van der Waals surface area contributed by atoms with Crippen molar-refractivity contribution in [2.45, 2.75) is 91.1 Å². The largest absolute Gasteiger partial charge is 0.460 e. The zero-order valence-corrected chi connectivity index (χ0v) is 20.7. The van der Waals surface area contributed by atoms with Crippen LogP contribution in [0.25, 0.3) is 0 Å². The highest BCUT2D eigenvalue weighted by molar-refractivity contribution is 5.97. The fourth-order valence-corrected chi connectivity index (χ4v) is 3.83. The highest BCUT2D eigenvalue weighted by atomic mass is 16.6. The first-order chi connectivity index (χ1) is 16.1. The van der Waals surface area contributed by atoms with Crippen molar-refractivity contribution in [2.24, 2.45) is 11.8 Å². The fourth-order valence-electron chi connectivity index (χ4n) is 3.83. The highest BCUT2D eigenvalue weighted by Gasteiger charge is 2.43. The molecule has 1 aromatic rings. The van der Waals surface area contributed by atoms with Gasteiger partial charge in [0.05, 0.1) is 11.8 Å². The van der Waals surface area contributed by atoms with Crippen molar-refractivity contribution in [3.63, 3.8) is 0 Å². The van der Waals surface area contributed by atoms with Gasteiger partial charge in [-0.3, -0.25) is 14.4 Å². The molecule has 1 aliphatic rings. The molecule has 8 nitrogen and oxygen atoms in total. The third-order valence-electron chi connectivity index (χ3n) is 5.90. The summed E-state index contributed by atoms with van der Waals surface area (Å²) in [6.45, 7) is 8.61. The van der Waals surface area contributed by atoms with Gasteiger partial charge in [-0.2, -0.15) is 0 Å². The second-order valence-corrected chi connectivity index (χ2v) is 9.11. The van der Waals surface area contributed by atoms with Crippen LogP contribution < -0.4 is 5.32 Å². The molecule has 0 spiro atoms. The average Bonchev–Trinajstić information content (AvgIpc) is 2.83. The van der Waals surface area contributed by atoms with E-state index in [0.717, 1.165) is 25.7 Å². The summed E-state index contributed by atoms with van der Waals surface area (Å²) in [5, 5.41) is 2.62. The Kier molecular flexibility index (Phi) is 10.5. The van der Waals surface area contributed by atoms with Crippen molar-refractivity contribution < 1.29 is 33.4 Å². The molecule has 8 heteroatoms. The van der Waals surface area contributed by atoms with Crippen LogP contribution in [0.2, 0.25) is 0 Å². The molecule has 0 aliphatic carbocycles. The third-order valence-corrected chi connectivity index (χ3v) is 5.90. The summed E-state index contributed by atoms with van der Waals surface area (Å²) in [4.78, 5) is 51.3. The van der Waals surface area contributed by atoms with Crippen molar-refractivity contribution in [2.75, 3.05) is 0 Å². The van der Waals surface area contributed by atoms with E-state index in [9.17, 15) is 19.2 Å². The van der Waals surface area contributed by atoms with E-state index >= 15 is 0 Å². The number of benzene rings is 1. The van der Waals surface area contributed by atoms with Crippen molar-refractivity contribution in [1.82, 2.24) is 5.32 Å². The molecule has 0 saturated carbocycles. The first kappa shape index (κ1) is 27.3. The minimum Gasteiger partial charge on any atom is -0.460 e. The van der Waals surface area contributed by atoms with Crippen LogP contribution in [0.4, 0.5) is 0 Å². The van der Waals surface area contributed by atoms with Gasteiger partial charge in [-0.05, 0) is 32.4 Å². The molecule has 1 aromatic carbocycles. The lowest BCUT2D eigenvalue weighted by molar-refractivity contribution is -0.177. The zero-order chi connectivity index (χ0) is 25.3. The molecule has 1 amide bonds. The summed E-state index contributed by atoms with van der Waals surface area (Å²) in [6.07, 6.45) is 1.30. The number of carbonyl (C=O) groups is 4. The van der Waals surface area contributed by atoms with Gasteiger partial charge in [0.1, 0.15) is 12.2 Å². The molecule has 0 radical (unpaired) electrons. The zero-order valence-electron chi connectivity index (χ0n) is 20.7. The molecule has 5 unspecified atom stereocenters. The van der Waals surface area contributed by atoms with Crippen LogP contribution in [-0.4, -0.2) is 48.2 Å². The first-order valence-corrected chi connectivity index (χ1v) is 12.1. The summed E-state index contributed by atoms with van der Waals surface area (Å²) in [5.41, 5.74) is 0.360. The molecule has 1 aliphatic heterocycles. The summed E-state index contributed by atoms with van der Waals surface area (Å²) in [6, 6.07) is 7.21. The van der Waals surface area contributed by atoms with E-state index in [1.54, 1.807) is 51.1 Å². The molecular formula is C26H37NO7. The van der Waals surface area contributed by atoms with Gasteiger partial charge in [-0.15, -0.1) is 0 Å². The standard InChI is InChI=1S/C26H37NO7/c1-6-7-8-12-15-20-22(34-24(29)16(2)3)18(5)33-26(31)21(17(4)32-25(20)30)27-23(28)19-13-10-9-11-14-19/h9-11,13-14,16-18,20-22H,6-8,12,15H2,1-5H3,(H,27,28). The summed E-state index contributed by atoms with van der Waals surface area (Å²) >= 11 is 0. The van der Waals surface area contributed by atoms with E-state index in [0.29, 0.717) is 12.0 Å². The van der Waals surface area contributed by atoms with Crippen LogP contribution in [0.15, 0.2) is 30.3 Å². The van der Waals surface area contributed by atoms with E-state index in [2.05, 4.69) is 12.2 Å². The maximum atomic E-state index is 13.2. The lowest BCUT2D eigenvalue weighted by Crippen LogP contribution is -2.50. The van der Waals surface area contributed by atoms with Crippen LogP contribution in [0.1, 0.15) is 77.1 Å². The molecule has 2 rings (SSSR count). The number of amides is 1. The number of cyclic esters (lactones) is 2. The Labute approximate surface area is 201 Å². The number of ether oxygens (including phenoxy) is 3. The van der Waals surface area contributed by atoms with Crippen LogP contribution >= 0.6 is 0 Å². The van der Waals surface area contributed by atoms with Gasteiger partial charge in [0, 0.05) is 5.56 Å². The monoisotopic (exact) mass is 475 g/mol. The fraction of sp³-hybridized carbons (Fsp3) is 0.615. The number of carbonyl (C=O) groups excluding carboxylic acids is 4. The summed E-state index contributed by atoms with van der Waals surface area (Å²) in [7, 11) is 0. The lowest BCUT2D eigenvalue weighted by atomic mass is 9.92. The molecule has 1 fully saturated rings. The van der Waals surface area contributed by atoms with Crippen LogP contribution in [0.5, 0.6) is 0 Å². The minimum absolute atomic E-state index is 0.360. The van der Waals surface area contributed by atoms with Gasteiger partial charge in [-0.25, -0.2) is 4.79 Å². The first-order valence-electron chi connectivity index (χ1n) is 12.1. The van der Waals surface area contributed by atoms with Crippen molar-refractivity contribution in [3.05, 3.63) is 35.9 Å². The SMILES string of the molecule is CCCCCCC1C(=O)OC(C)C(NC(=O)c2ccccc2)C(=O)OC(C)C1OC(=O)C(C)C. The van der Waals surface area contributed by atoms with Crippen molar-refractivity contribution in [3.8, 4) is 0 Å². The molecule has 1 heterocycles. The van der Waals surface area contributed by atoms with E-state index in [1.165, 1.54) is 6.92 Å². The Bertz CT molecular complexity index is 839. The topological polar surface area (TPSA) is 108 Å². The van der Waals surface area contributed by atoms with Gasteiger partial charge in [0.25, 0.3) is 5.91 Å². The Morgan fingerprint density at radius 1 is 0.971 bits per heavy atom. The Balaban J connectivity index is 2.29. The summed E-state index contributed by atoms with van der Waals surface area (Å²) < 4.78 is 16.9. The molecular weight excluding hydrogens is 438 g/mol. The van der Waals surface area contributed by atoms with Gasteiger partial charge in [0.15, 0.2) is 12.1 Å². The number of unbranched alkanes of at least 4 members (excludes halogenated alkanes) is 3. The van der Waals surface area contributed by atoms with E-state index in [1.807, 2.05) is 0 Å². The van der Waals surface area contributed by atoms with E-state index in [-0.39, 0.29) is 0 Å². The van der Waals surface area contributed by atoms with Crippen molar-refractivity contribution in [1.29, 1.82) is 0 Å². The molecule has 34 heavy (non-hydrogen) atoms. The van der Waals surface area contributed by atoms with Crippen molar-refractivity contribution >= 4 is 23.8 Å². The molecule has 1 N–H and O–H groups in total.